The summed E-state index contributed by atoms with van der Waals surface area (Å²) in [6.45, 7) is 2.68. The van der Waals surface area contributed by atoms with Crippen molar-refractivity contribution < 1.29 is 18.7 Å². The van der Waals surface area contributed by atoms with Crippen LogP contribution in [0.3, 0.4) is 0 Å². The van der Waals surface area contributed by atoms with Gasteiger partial charge in [0.15, 0.2) is 5.11 Å². The fraction of sp³-hybridized carbons (Fsp3) is 0.286. The lowest BCUT2D eigenvalue weighted by molar-refractivity contribution is -0.130. The minimum atomic E-state index is -0.690. The molecule has 2 amide bonds. The number of anilines is 1. The molecule has 8 heteroatoms. The van der Waals surface area contributed by atoms with Crippen LogP contribution in [-0.2, 0) is 16.1 Å². The largest absolute Gasteiger partial charge is 0.497 e. The van der Waals surface area contributed by atoms with E-state index in [9.17, 15) is 14.0 Å². The zero-order chi connectivity index (χ0) is 21.0. The summed E-state index contributed by atoms with van der Waals surface area (Å²) in [5.74, 6) is -0.182. The number of ether oxygens (including phenoxy) is 1. The quantitative estimate of drug-likeness (QED) is 0.704. The zero-order valence-electron chi connectivity index (χ0n) is 16.2. The van der Waals surface area contributed by atoms with Crippen molar-refractivity contribution in [3.05, 3.63) is 59.9 Å². The number of carbonyl (C=O) groups is 2. The van der Waals surface area contributed by atoms with E-state index in [4.69, 9.17) is 17.0 Å². The molecular weight excluding hydrogens is 393 g/mol. The summed E-state index contributed by atoms with van der Waals surface area (Å²) in [5.41, 5.74) is 1.42. The number of nitrogens with zero attached hydrogens (tertiary/aromatic N) is 2. The van der Waals surface area contributed by atoms with E-state index in [1.807, 2.05) is 31.2 Å². The van der Waals surface area contributed by atoms with E-state index in [0.29, 0.717) is 23.9 Å². The van der Waals surface area contributed by atoms with Crippen LogP contribution < -0.4 is 10.1 Å². The third kappa shape index (κ3) is 4.71. The molecule has 0 aliphatic carbocycles. The van der Waals surface area contributed by atoms with Crippen LogP contribution in [0.25, 0.3) is 0 Å². The van der Waals surface area contributed by atoms with Crippen LogP contribution in [0.15, 0.2) is 48.5 Å². The van der Waals surface area contributed by atoms with Crippen molar-refractivity contribution in [3.63, 3.8) is 0 Å². The van der Waals surface area contributed by atoms with Crippen LogP contribution >= 0.6 is 12.2 Å². The van der Waals surface area contributed by atoms with E-state index in [1.165, 1.54) is 29.2 Å². The van der Waals surface area contributed by atoms with Crippen LogP contribution in [0.2, 0.25) is 0 Å². The molecule has 1 N–H and O–H groups in total. The van der Waals surface area contributed by atoms with Crippen molar-refractivity contribution in [2.45, 2.75) is 25.9 Å². The van der Waals surface area contributed by atoms with E-state index in [0.717, 1.165) is 11.3 Å². The van der Waals surface area contributed by atoms with Gasteiger partial charge in [-0.2, -0.15) is 0 Å². The van der Waals surface area contributed by atoms with Gasteiger partial charge in [0, 0.05) is 18.8 Å². The topological polar surface area (TPSA) is 61.9 Å². The van der Waals surface area contributed by atoms with Gasteiger partial charge in [0.05, 0.1) is 13.5 Å². The van der Waals surface area contributed by atoms with Crippen LogP contribution in [0.5, 0.6) is 5.75 Å². The van der Waals surface area contributed by atoms with Gasteiger partial charge in [0.2, 0.25) is 5.91 Å². The fourth-order valence-corrected chi connectivity index (χ4v) is 3.62. The highest BCUT2D eigenvalue weighted by Crippen LogP contribution is 2.24. The standard InChI is InChI=1S/C21H22FN3O3S/c1-3-24-20(27)18(12-19(26)23-16-8-6-15(22)7-9-16)25(21(24)29)13-14-4-10-17(28-2)11-5-14/h4-11,18H,3,12-13H2,1-2H3,(H,23,26). The highest BCUT2D eigenvalue weighted by Gasteiger charge is 2.42. The Morgan fingerprint density at radius 2 is 1.83 bits per heavy atom. The second kappa shape index (κ2) is 9.00. The molecule has 152 valence electrons. The molecule has 29 heavy (non-hydrogen) atoms. The molecular formula is C21H22FN3O3S. The third-order valence-corrected chi connectivity index (χ3v) is 5.19. The van der Waals surface area contributed by atoms with E-state index in [1.54, 1.807) is 12.0 Å². The highest BCUT2D eigenvalue weighted by molar-refractivity contribution is 7.80. The van der Waals surface area contributed by atoms with Crippen molar-refractivity contribution in [1.82, 2.24) is 9.80 Å². The summed E-state index contributed by atoms with van der Waals surface area (Å²) in [6, 6.07) is 12.3. The summed E-state index contributed by atoms with van der Waals surface area (Å²) in [7, 11) is 1.60. The minimum absolute atomic E-state index is 0.0526. The number of rotatable bonds is 7. The van der Waals surface area contributed by atoms with Gasteiger partial charge in [0.1, 0.15) is 17.6 Å². The molecule has 0 spiro atoms. The van der Waals surface area contributed by atoms with Crippen LogP contribution in [-0.4, -0.2) is 46.4 Å². The molecule has 1 unspecified atom stereocenters. The Morgan fingerprint density at radius 1 is 1.17 bits per heavy atom. The van der Waals surface area contributed by atoms with Gasteiger partial charge in [0.25, 0.3) is 5.91 Å². The van der Waals surface area contributed by atoms with Crippen molar-refractivity contribution in [1.29, 1.82) is 0 Å². The molecule has 3 rings (SSSR count). The van der Waals surface area contributed by atoms with Gasteiger partial charge in [-0.15, -0.1) is 0 Å². The smallest absolute Gasteiger partial charge is 0.252 e. The van der Waals surface area contributed by atoms with Gasteiger partial charge in [-0.1, -0.05) is 12.1 Å². The molecule has 0 radical (unpaired) electrons. The maximum atomic E-state index is 13.0. The first-order valence-corrected chi connectivity index (χ1v) is 9.64. The molecule has 6 nitrogen and oxygen atoms in total. The Balaban J connectivity index is 1.75. The molecule has 0 aromatic heterocycles. The predicted molar refractivity (Wildman–Crippen MR) is 112 cm³/mol. The number of benzene rings is 2. The zero-order valence-corrected chi connectivity index (χ0v) is 17.0. The number of hydrogen-bond acceptors (Lipinski definition) is 4. The molecule has 0 saturated carbocycles. The van der Waals surface area contributed by atoms with E-state index < -0.39 is 6.04 Å². The Labute approximate surface area is 174 Å². The predicted octanol–water partition coefficient (Wildman–Crippen LogP) is 3.18. The first-order valence-electron chi connectivity index (χ1n) is 9.23. The van der Waals surface area contributed by atoms with Crippen LogP contribution in [0.4, 0.5) is 10.1 Å². The summed E-state index contributed by atoms with van der Waals surface area (Å²) in [5, 5.41) is 3.11. The first-order chi connectivity index (χ1) is 13.9. The van der Waals surface area contributed by atoms with Crippen molar-refractivity contribution in [2.24, 2.45) is 0 Å². The maximum Gasteiger partial charge on any atom is 0.252 e. The first kappa shape index (κ1) is 20.7. The van der Waals surface area contributed by atoms with Gasteiger partial charge >= 0.3 is 0 Å². The lowest BCUT2D eigenvalue weighted by Gasteiger charge is -2.24. The molecule has 0 bridgehead atoms. The molecule has 1 atom stereocenters. The number of nitrogens with one attached hydrogen (secondary N) is 1. The Kier molecular flexibility index (Phi) is 6.43. The molecule has 1 saturated heterocycles. The number of carbonyl (C=O) groups excluding carboxylic acids is 2. The minimum Gasteiger partial charge on any atom is -0.497 e. The summed E-state index contributed by atoms with van der Waals surface area (Å²) in [4.78, 5) is 28.6. The average molecular weight is 415 g/mol. The number of halogens is 1. The van der Waals surface area contributed by atoms with Gasteiger partial charge < -0.3 is 15.0 Å². The number of likely N-dealkylation sites (N-methyl/N-ethyl adjacent to an activating group) is 1. The molecule has 1 heterocycles. The van der Waals surface area contributed by atoms with Crippen LogP contribution in [0, 0.1) is 5.82 Å². The summed E-state index contributed by atoms with van der Waals surface area (Å²) < 4.78 is 18.2. The van der Waals surface area contributed by atoms with Crippen LogP contribution in [0.1, 0.15) is 18.9 Å². The van der Waals surface area contributed by atoms with Gasteiger partial charge in [-0.25, -0.2) is 4.39 Å². The normalized spacial score (nSPS) is 16.3. The molecule has 1 aliphatic heterocycles. The Bertz CT molecular complexity index is 902. The number of thiocarbonyl (C=S) groups is 1. The second-order valence-corrected chi connectivity index (χ2v) is 6.98. The lowest BCUT2D eigenvalue weighted by Crippen LogP contribution is -2.37. The van der Waals surface area contributed by atoms with E-state index in [2.05, 4.69) is 5.32 Å². The maximum absolute atomic E-state index is 13.0. The van der Waals surface area contributed by atoms with Gasteiger partial charge in [-0.3, -0.25) is 14.5 Å². The lowest BCUT2D eigenvalue weighted by atomic mass is 10.1. The monoisotopic (exact) mass is 415 g/mol. The molecule has 1 aliphatic rings. The second-order valence-electron chi connectivity index (χ2n) is 6.62. The Hall–Kier alpha value is -3.00. The fourth-order valence-electron chi connectivity index (χ4n) is 3.21. The molecule has 1 fully saturated rings. The van der Waals surface area contributed by atoms with E-state index in [-0.39, 0.29) is 24.1 Å². The number of methoxy groups -OCH3 is 1. The van der Waals surface area contributed by atoms with Gasteiger partial charge in [-0.05, 0) is 61.1 Å². The average Bonchev–Trinajstić information content (AvgIpc) is 2.93. The van der Waals surface area contributed by atoms with E-state index >= 15 is 0 Å². The summed E-state index contributed by atoms with van der Waals surface area (Å²) >= 11 is 5.49. The number of amides is 2. The van der Waals surface area contributed by atoms with Crippen molar-refractivity contribution in [2.75, 3.05) is 19.0 Å². The Morgan fingerprint density at radius 3 is 2.41 bits per heavy atom. The van der Waals surface area contributed by atoms with Crippen molar-refractivity contribution >= 4 is 34.8 Å². The van der Waals surface area contributed by atoms with Crippen molar-refractivity contribution in [3.8, 4) is 5.75 Å². The molecule has 2 aromatic carbocycles. The third-order valence-electron chi connectivity index (χ3n) is 4.74. The number of hydrogen-bond donors (Lipinski definition) is 1. The SMILES string of the molecule is CCN1C(=O)C(CC(=O)Nc2ccc(F)cc2)N(Cc2ccc(OC)cc2)C1=S. The highest BCUT2D eigenvalue weighted by atomic mass is 32.1. The molecule has 2 aromatic rings. The summed E-state index contributed by atoms with van der Waals surface area (Å²) in [6.07, 6.45) is -0.0526.